The van der Waals surface area contributed by atoms with Crippen LogP contribution >= 0.6 is 11.6 Å². The summed E-state index contributed by atoms with van der Waals surface area (Å²) >= 11 is 5.90. The van der Waals surface area contributed by atoms with E-state index in [-0.39, 0.29) is 0 Å². The first-order valence-electron chi connectivity index (χ1n) is 7.77. The van der Waals surface area contributed by atoms with Crippen molar-refractivity contribution in [2.75, 3.05) is 13.1 Å². The van der Waals surface area contributed by atoms with Crippen molar-refractivity contribution in [3.05, 3.63) is 47.2 Å². The number of aromatic nitrogens is 2. The monoisotopic (exact) mass is 316 g/mol. The number of nitrogens with two attached hydrogens (primary N) is 1. The summed E-state index contributed by atoms with van der Waals surface area (Å²) in [5.74, 6) is 0.731. The Kier molecular flexibility index (Phi) is 5.03. The molecule has 0 bridgehead atoms. The summed E-state index contributed by atoms with van der Waals surface area (Å²) in [6.45, 7) is 2.72. The third-order valence-electron chi connectivity index (χ3n) is 4.21. The lowest BCUT2D eigenvalue weighted by molar-refractivity contribution is 0.144. The molecule has 1 fully saturated rings. The average molecular weight is 317 g/mol. The van der Waals surface area contributed by atoms with Gasteiger partial charge < -0.3 is 5.73 Å². The van der Waals surface area contributed by atoms with Crippen LogP contribution in [0.1, 0.15) is 24.8 Å². The van der Waals surface area contributed by atoms with E-state index in [0.717, 1.165) is 41.6 Å². The van der Waals surface area contributed by atoms with Gasteiger partial charge in [-0.1, -0.05) is 18.0 Å². The van der Waals surface area contributed by atoms with E-state index >= 15 is 0 Å². The third kappa shape index (κ3) is 3.64. The van der Waals surface area contributed by atoms with Crippen LogP contribution < -0.4 is 5.73 Å². The molecule has 2 heterocycles. The molecule has 116 valence electrons. The lowest BCUT2D eigenvalue weighted by atomic mass is 10.0. The van der Waals surface area contributed by atoms with Crippen LogP contribution in [0.2, 0.25) is 5.02 Å². The first kappa shape index (κ1) is 15.4. The molecule has 0 unspecified atom stereocenters. The first-order valence-corrected chi connectivity index (χ1v) is 8.15. The maximum absolute atomic E-state index is 5.90. The molecule has 3 rings (SSSR count). The van der Waals surface area contributed by atoms with Gasteiger partial charge in [0.25, 0.3) is 0 Å². The molecule has 1 atom stereocenters. The van der Waals surface area contributed by atoms with Crippen molar-refractivity contribution >= 4 is 11.6 Å². The number of nitrogens with zero attached hydrogens (tertiary/aromatic N) is 3. The van der Waals surface area contributed by atoms with Gasteiger partial charge in [0.2, 0.25) is 0 Å². The van der Waals surface area contributed by atoms with Gasteiger partial charge in [0.15, 0.2) is 5.82 Å². The van der Waals surface area contributed by atoms with Crippen molar-refractivity contribution in [1.29, 1.82) is 0 Å². The Labute approximate surface area is 136 Å². The summed E-state index contributed by atoms with van der Waals surface area (Å²) in [5, 5.41) is 0.721. The molecule has 5 heteroatoms. The summed E-state index contributed by atoms with van der Waals surface area (Å²) in [7, 11) is 0. The van der Waals surface area contributed by atoms with Crippen molar-refractivity contribution in [1.82, 2.24) is 14.9 Å². The molecule has 1 aromatic heterocycles. The van der Waals surface area contributed by atoms with Crippen molar-refractivity contribution in [3.8, 4) is 11.4 Å². The second-order valence-corrected chi connectivity index (χ2v) is 6.21. The Balaban J connectivity index is 1.70. The van der Waals surface area contributed by atoms with E-state index in [9.17, 15) is 0 Å². The van der Waals surface area contributed by atoms with Crippen LogP contribution in [0.4, 0.5) is 0 Å². The maximum Gasteiger partial charge on any atom is 0.159 e. The van der Waals surface area contributed by atoms with Crippen LogP contribution in [0.15, 0.2) is 36.7 Å². The fourth-order valence-corrected chi connectivity index (χ4v) is 3.08. The topological polar surface area (TPSA) is 55.0 Å². The van der Waals surface area contributed by atoms with E-state index in [2.05, 4.69) is 14.9 Å². The molecule has 0 amide bonds. The fourth-order valence-electron chi connectivity index (χ4n) is 2.95. The third-order valence-corrected chi connectivity index (χ3v) is 4.47. The van der Waals surface area contributed by atoms with Gasteiger partial charge in [0.1, 0.15) is 0 Å². The van der Waals surface area contributed by atoms with Gasteiger partial charge in [-0.05, 0) is 43.7 Å². The number of benzene rings is 1. The predicted molar refractivity (Wildman–Crippen MR) is 89.6 cm³/mol. The number of piperidine rings is 1. The van der Waals surface area contributed by atoms with Gasteiger partial charge in [-0.3, -0.25) is 4.90 Å². The molecule has 0 saturated carbocycles. The Hall–Kier alpha value is -1.49. The number of halogens is 1. The highest BCUT2D eigenvalue weighted by Crippen LogP contribution is 2.20. The zero-order valence-corrected chi connectivity index (χ0v) is 13.3. The smallest absolute Gasteiger partial charge is 0.159 e. The Morgan fingerprint density at radius 3 is 2.55 bits per heavy atom. The Bertz CT molecular complexity index is 597. The van der Waals surface area contributed by atoms with E-state index < -0.39 is 0 Å². The number of rotatable bonds is 4. The van der Waals surface area contributed by atoms with Gasteiger partial charge in [0, 0.05) is 47.7 Å². The molecular formula is C17H21ClN4. The molecule has 22 heavy (non-hydrogen) atoms. The van der Waals surface area contributed by atoms with Crippen LogP contribution in [0, 0.1) is 0 Å². The van der Waals surface area contributed by atoms with Crippen molar-refractivity contribution in [2.24, 2.45) is 5.73 Å². The molecule has 2 aromatic rings. The summed E-state index contributed by atoms with van der Waals surface area (Å²) in [6, 6.07) is 8.07. The highest BCUT2D eigenvalue weighted by atomic mass is 35.5. The molecule has 1 aliphatic rings. The van der Waals surface area contributed by atoms with Crippen LogP contribution in [0.3, 0.4) is 0 Å². The minimum absolute atomic E-state index is 0.490. The lowest BCUT2D eigenvalue weighted by Gasteiger charge is -2.34. The Morgan fingerprint density at radius 2 is 1.86 bits per heavy atom. The highest BCUT2D eigenvalue weighted by molar-refractivity contribution is 6.30. The molecule has 4 nitrogen and oxygen atoms in total. The zero-order valence-electron chi connectivity index (χ0n) is 12.6. The summed E-state index contributed by atoms with van der Waals surface area (Å²) in [4.78, 5) is 11.4. The average Bonchev–Trinajstić information content (AvgIpc) is 2.57. The zero-order chi connectivity index (χ0) is 15.4. The fraction of sp³-hybridized carbons (Fsp3) is 0.412. The first-order chi connectivity index (χ1) is 10.8. The van der Waals surface area contributed by atoms with E-state index in [4.69, 9.17) is 17.3 Å². The van der Waals surface area contributed by atoms with Crippen LogP contribution in [0.25, 0.3) is 11.4 Å². The van der Waals surface area contributed by atoms with Crippen molar-refractivity contribution in [3.63, 3.8) is 0 Å². The quantitative estimate of drug-likeness (QED) is 0.941. The number of hydrogen-bond acceptors (Lipinski definition) is 4. The molecule has 2 N–H and O–H groups in total. The van der Waals surface area contributed by atoms with Crippen molar-refractivity contribution in [2.45, 2.75) is 31.8 Å². The molecule has 0 radical (unpaired) electrons. The standard InChI is InChI=1S/C17H21ClN4/c18-15-6-4-14(5-7-15)17-20-10-13(11-21-17)12-22-8-2-1-3-16(22)9-19/h4-7,10-11,16H,1-3,8-9,12,19H2/t16-/m0/s1. The van der Waals surface area contributed by atoms with Crippen molar-refractivity contribution < 1.29 is 0 Å². The normalized spacial score (nSPS) is 19.3. The molecule has 0 aliphatic carbocycles. The van der Waals surface area contributed by atoms with Crippen LogP contribution in [-0.2, 0) is 6.54 Å². The Morgan fingerprint density at radius 1 is 1.14 bits per heavy atom. The van der Waals surface area contributed by atoms with E-state index in [1.165, 1.54) is 19.3 Å². The molecular weight excluding hydrogens is 296 g/mol. The lowest BCUT2D eigenvalue weighted by Crippen LogP contribution is -2.43. The van der Waals surface area contributed by atoms with E-state index in [1.807, 2.05) is 36.7 Å². The van der Waals surface area contributed by atoms with Gasteiger partial charge in [0.05, 0.1) is 0 Å². The van der Waals surface area contributed by atoms with E-state index in [1.54, 1.807) is 0 Å². The SMILES string of the molecule is NC[C@@H]1CCCCN1Cc1cnc(-c2ccc(Cl)cc2)nc1. The molecule has 1 aromatic carbocycles. The number of hydrogen-bond donors (Lipinski definition) is 1. The van der Waals surface area contributed by atoms with Crippen LogP contribution in [-0.4, -0.2) is 34.0 Å². The second kappa shape index (κ2) is 7.18. The molecule has 1 saturated heterocycles. The van der Waals surface area contributed by atoms with E-state index in [0.29, 0.717) is 6.04 Å². The highest BCUT2D eigenvalue weighted by Gasteiger charge is 2.21. The molecule has 1 aliphatic heterocycles. The van der Waals surface area contributed by atoms with Crippen LogP contribution in [0.5, 0.6) is 0 Å². The van der Waals surface area contributed by atoms with Gasteiger partial charge >= 0.3 is 0 Å². The van der Waals surface area contributed by atoms with Gasteiger partial charge in [-0.15, -0.1) is 0 Å². The minimum Gasteiger partial charge on any atom is -0.329 e. The maximum atomic E-state index is 5.90. The summed E-state index contributed by atoms with van der Waals surface area (Å²) in [6.07, 6.45) is 7.56. The summed E-state index contributed by atoms with van der Waals surface area (Å²) < 4.78 is 0. The molecule has 0 spiro atoms. The largest absolute Gasteiger partial charge is 0.329 e. The second-order valence-electron chi connectivity index (χ2n) is 5.78. The number of likely N-dealkylation sites (tertiary alicyclic amines) is 1. The van der Waals surface area contributed by atoms with Gasteiger partial charge in [-0.25, -0.2) is 9.97 Å². The summed E-state index contributed by atoms with van der Waals surface area (Å²) in [5.41, 5.74) is 7.99. The van der Waals surface area contributed by atoms with Gasteiger partial charge in [-0.2, -0.15) is 0 Å². The predicted octanol–water partition coefficient (Wildman–Crippen LogP) is 3.11. The minimum atomic E-state index is 0.490.